The zero-order valence-corrected chi connectivity index (χ0v) is 14.1. The van der Waals surface area contributed by atoms with Crippen LogP contribution in [0.3, 0.4) is 0 Å². The molecule has 2 rings (SSSR count). The van der Waals surface area contributed by atoms with E-state index >= 15 is 0 Å². The quantitative estimate of drug-likeness (QED) is 0.426. The largest absolute Gasteiger partial charge is 0.493 e. The van der Waals surface area contributed by atoms with Gasteiger partial charge in [0.25, 0.3) is 5.69 Å². The lowest BCUT2D eigenvalue weighted by Gasteiger charge is -2.11. The van der Waals surface area contributed by atoms with Gasteiger partial charge in [0.2, 0.25) is 10.0 Å². The zero-order valence-electron chi connectivity index (χ0n) is 13.2. The summed E-state index contributed by atoms with van der Waals surface area (Å²) in [5, 5.41) is 15.8. The Morgan fingerprint density at radius 1 is 1.04 bits per heavy atom. The van der Waals surface area contributed by atoms with Crippen molar-refractivity contribution in [3.63, 3.8) is 0 Å². The average molecular weight is 368 g/mol. The predicted molar refractivity (Wildman–Crippen MR) is 88.5 cm³/mol. The highest BCUT2D eigenvalue weighted by molar-refractivity contribution is 7.89. The number of benzene rings is 2. The second-order valence-corrected chi connectivity index (χ2v) is 6.37. The van der Waals surface area contributed by atoms with Gasteiger partial charge in [-0.15, -0.1) is 0 Å². The van der Waals surface area contributed by atoms with Gasteiger partial charge < -0.3 is 14.2 Å². The fourth-order valence-corrected chi connectivity index (χ4v) is 2.44. The number of hydrogen-bond acceptors (Lipinski definition) is 7. The number of methoxy groups -OCH3 is 1. The third kappa shape index (κ3) is 5.06. The van der Waals surface area contributed by atoms with Gasteiger partial charge >= 0.3 is 0 Å². The van der Waals surface area contributed by atoms with Gasteiger partial charge in [-0.1, -0.05) is 0 Å². The standard InChI is InChI=1S/C15H16N2O7S/c1-22-14-7-2-11(17(18)19)10-15(14)24-9-8-23-12-3-5-13(6-4-12)25(16,20)21/h2-7,10H,8-9H2,1H3,(H2,16,20,21). The Kier molecular flexibility index (Phi) is 5.78. The number of sulfonamides is 1. The van der Waals surface area contributed by atoms with Crippen molar-refractivity contribution < 1.29 is 27.6 Å². The molecule has 10 heteroatoms. The van der Waals surface area contributed by atoms with Gasteiger partial charge in [0.15, 0.2) is 11.5 Å². The first-order valence-electron chi connectivity index (χ1n) is 7.02. The lowest BCUT2D eigenvalue weighted by Crippen LogP contribution is -2.12. The minimum Gasteiger partial charge on any atom is -0.493 e. The highest BCUT2D eigenvalue weighted by Crippen LogP contribution is 2.31. The summed E-state index contributed by atoms with van der Waals surface area (Å²) < 4.78 is 38.3. The van der Waals surface area contributed by atoms with Crippen molar-refractivity contribution in [2.45, 2.75) is 4.90 Å². The van der Waals surface area contributed by atoms with E-state index in [9.17, 15) is 18.5 Å². The molecule has 2 aromatic carbocycles. The summed E-state index contributed by atoms with van der Waals surface area (Å²) in [6.45, 7) is 0.245. The molecular formula is C15H16N2O7S. The van der Waals surface area contributed by atoms with Crippen LogP contribution in [0.15, 0.2) is 47.4 Å². The van der Waals surface area contributed by atoms with E-state index in [1.807, 2.05) is 0 Å². The van der Waals surface area contributed by atoms with E-state index in [1.165, 1.54) is 49.6 Å². The van der Waals surface area contributed by atoms with Gasteiger partial charge in [-0.3, -0.25) is 10.1 Å². The minimum atomic E-state index is -3.75. The summed E-state index contributed by atoms with van der Waals surface area (Å²) in [5.74, 6) is 1.02. The van der Waals surface area contributed by atoms with Gasteiger partial charge in [-0.05, 0) is 30.3 Å². The number of rotatable bonds is 8. The van der Waals surface area contributed by atoms with Crippen LogP contribution in [0.1, 0.15) is 0 Å². The summed E-state index contributed by atoms with van der Waals surface area (Å²) >= 11 is 0. The molecule has 0 bridgehead atoms. The maximum Gasteiger partial charge on any atom is 0.273 e. The third-order valence-electron chi connectivity index (χ3n) is 3.12. The van der Waals surface area contributed by atoms with Crippen LogP contribution in [0.5, 0.6) is 17.2 Å². The van der Waals surface area contributed by atoms with E-state index in [4.69, 9.17) is 19.3 Å². The van der Waals surface area contributed by atoms with E-state index in [0.29, 0.717) is 11.5 Å². The lowest BCUT2D eigenvalue weighted by atomic mass is 10.3. The molecule has 9 nitrogen and oxygen atoms in total. The maximum absolute atomic E-state index is 11.2. The number of nitrogens with zero attached hydrogens (tertiary/aromatic N) is 1. The van der Waals surface area contributed by atoms with Crippen LogP contribution in [-0.2, 0) is 10.0 Å². The number of non-ortho nitro benzene ring substituents is 1. The molecule has 0 unspecified atom stereocenters. The summed E-state index contributed by atoms with van der Waals surface area (Å²) in [6.07, 6.45) is 0. The number of nitro benzene ring substituents is 1. The summed E-state index contributed by atoms with van der Waals surface area (Å²) in [5.41, 5.74) is -0.115. The highest BCUT2D eigenvalue weighted by Gasteiger charge is 2.12. The smallest absolute Gasteiger partial charge is 0.273 e. The molecular weight excluding hydrogens is 352 g/mol. The Morgan fingerprint density at radius 3 is 2.24 bits per heavy atom. The van der Waals surface area contributed by atoms with Crippen LogP contribution in [0.25, 0.3) is 0 Å². The molecule has 0 amide bonds. The van der Waals surface area contributed by atoms with Crippen LogP contribution in [-0.4, -0.2) is 33.7 Å². The summed E-state index contributed by atoms with van der Waals surface area (Å²) in [6, 6.07) is 9.61. The van der Waals surface area contributed by atoms with E-state index in [-0.39, 0.29) is 29.5 Å². The molecule has 0 heterocycles. The first kappa shape index (κ1) is 18.5. The molecule has 2 aromatic rings. The molecule has 134 valence electrons. The highest BCUT2D eigenvalue weighted by atomic mass is 32.2. The SMILES string of the molecule is COc1ccc([N+](=O)[O-])cc1OCCOc1ccc(S(N)(=O)=O)cc1. The lowest BCUT2D eigenvalue weighted by molar-refractivity contribution is -0.385. The Bertz CT molecular complexity index is 851. The third-order valence-corrected chi connectivity index (χ3v) is 4.05. The average Bonchev–Trinajstić information content (AvgIpc) is 2.58. The summed E-state index contributed by atoms with van der Waals surface area (Å²) in [7, 11) is -2.32. The first-order chi connectivity index (χ1) is 11.8. The second kappa shape index (κ2) is 7.81. The van der Waals surface area contributed by atoms with Crippen LogP contribution in [0.2, 0.25) is 0 Å². The molecule has 0 spiro atoms. The maximum atomic E-state index is 11.2. The van der Waals surface area contributed by atoms with Crippen LogP contribution in [0, 0.1) is 10.1 Å². The minimum absolute atomic E-state index is 0.0163. The van der Waals surface area contributed by atoms with Crippen LogP contribution < -0.4 is 19.3 Å². The molecule has 0 aliphatic carbocycles. The molecule has 0 aliphatic rings. The van der Waals surface area contributed by atoms with Crippen molar-refractivity contribution in [2.24, 2.45) is 5.14 Å². The van der Waals surface area contributed by atoms with Gasteiger partial charge in [-0.25, -0.2) is 13.6 Å². The van der Waals surface area contributed by atoms with E-state index in [0.717, 1.165) is 0 Å². The molecule has 0 aliphatic heterocycles. The van der Waals surface area contributed by atoms with Crippen molar-refractivity contribution in [2.75, 3.05) is 20.3 Å². The normalized spacial score (nSPS) is 11.0. The molecule has 0 saturated carbocycles. The fraction of sp³-hybridized carbons (Fsp3) is 0.200. The Labute approximate surface area is 144 Å². The molecule has 0 saturated heterocycles. The van der Waals surface area contributed by atoms with Crippen molar-refractivity contribution in [1.29, 1.82) is 0 Å². The molecule has 0 radical (unpaired) electrons. The van der Waals surface area contributed by atoms with Crippen LogP contribution in [0.4, 0.5) is 5.69 Å². The van der Waals surface area contributed by atoms with E-state index in [2.05, 4.69) is 0 Å². The number of nitro groups is 1. The Morgan fingerprint density at radius 2 is 1.68 bits per heavy atom. The summed E-state index contributed by atoms with van der Waals surface area (Å²) in [4.78, 5) is 10.3. The first-order valence-corrected chi connectivity index (χ1v) is 8.57. The van der Waals surface area contributed by atoms with Crippen molar-refractivity contribution in [1.82, 2.24) is 0 Å². The van der Waals surface area contributed by atoms with Gasteiger partial charge in [0.1, 0.15) is 19.0 Å². The number of primary sulfonamides is 1. The van der Waals surface area contributed by atoms with Gasteiger partial charge in [0.05, 0.1) is 23.0 Å². The van der Waals surface area contributed by atoms with Gasteiger partial charge in [0, 0.05) is 6.07 Å². The predicted octanol–water partition coefficient (Wildman–Crippen LogP) is 1.71. The number of hydrogen-bond donors (Lipinski definition) is 1. The molecule has 0 aromatic heterocycles. The van der Waals surface area contributed by atoms with E-state index < -0.39 is 14.9 Å². The molecule has 0 atom stereocenters. The number of nitrogens with two attached hydrogens (primary N) is 1. The van der Waals surface area contributed by atoms with Crippen molar-refractivity contribution in [3.05, 3.63) is 52.6 Å². The molecule has 25 heavy (non-hydrogen) atoms. The van der Waals surface area contributed by atoms with Gasteiger partial charge in [-0.2, -0.15) is 0 Å². The molecule has 2 N–H and O–H groups in total. The van der Waals surface area contributed by atoms with Crippen molar-refractivity contribution >= 4 is 15.7 Å². The van der Waals surface area contributed by atoms with Crippen molar-refractivity contribution in [3.8, 4) is 17.2 Å². The Balaban J connectivity index is 1.93. The fourth-order valence-electron chi connectivity index (χ4n) is 1.93. The zero-order chi connectivity index (χ0) is 18.4. The topological polar surface area (TPSA) is 131 Å². The molecule has 0 fully saturated rings. The Hall–Kier alpha value is -2.85. The second-order valence-electron chi connectivity index (χ2n) is 4.81. The van der Waals surface area contributed by atoms with Crippen LogP contribution >= 0.6 is 0 Å². The monoisotopic (exact) mass is 368 g/mol. The van der Waals surface area contributed by atoms with E-state index in [1.54, 1.807) is 0 Å². The number of ether oxygens (including phenoxy) is 3.